The van der Waals surface area contributed by atoms with Crippen molar-refractivity contribution in [1.82, 2.24) is 29.5 Å². The highest BCUT2D eigenvalue weighted by Crippen LogP contribution is 2.28. The minimum atomic E-state index is 0.00369. The number of hydrogen-bond donors (Lipinski definition) is 0. The van der Waals surface area contributed by atoms with E-state index in [0.29, 0.717) is 17.6 Å². The minimum absolute atomic E-state index is 0.00369. The fourth-order valence-corrected chi connectivity index (χ4v) is 3.80. The molecule has 2 aromatic heterocycles. The summed E-state index contributed by atoms with van der Waals surface area (Å²) >= 11 is 0. The SMILES string of the molecule is COc1ccccc1-c1ccnc(-n2ncc(C(=O)N3CC[C@H](N(C)C)C3)c2C)n1. The molecule has 0 unspecified atom stereocenters. The Hall–Kier alpha value is -3.26. The predicted octanol–water partition coefficient (Wildman–Crippen LogP) is 2.42. The number of amides is 1. The van der Waals surface area contributed by atoms with Gasteiger partial charge in [0.05, 0.1) is 30.3 Å². The van der Waals surface area contributed by atoms with Gasteiger partial charge in [-0.1, -0.05) is 12.1 Å². The average Bonchev–Trinajstić information content (AvgIpc) is 3.41. The van der Waals surface area contributed by atoms with Crippen LogP contribution in [0.2, 0.25) is 0 Å². The van der Waals surface area contributed by atoms with Gasteiger partial charge >= 0.3 is 0 Å². The number of rotatable bonds is 5. The van der Waals surface area contributed by atoms with Crippen molar-refractivity contribution < 1.29 is 9.53 Å². The molecule has 0 N–H and O–H groups in total. The van der Waals surface area contributed by atoms with Crippen LogP contribution in [-0.4, -0.2) is 75.8 Å². The van der Waals surface area contributed by atoms with Crippen molar-refractivity contribution in [3.63, 3.8) is 0 Å². The molecule has 1 saturated heterocycles. The monoisotopic (exact) mass is 406 g/mol. The van der Waals surface area contributed by atoms with Gasteiger partial charge in [-0.25, -0.2) is 14.6 Å². The summed E-state index contributed by atoms with van der Waals surface area (Å²) in [5.74, 6) is 1.16. The lowest BCUT2D eigenvalue weighted by atomic mass is 10.1. The Labute approximate surface area is 176 Å². The largest absolute Gasteiger partial charge is 0.496 e. The molecule has 1 atom stereocenters. The summed E-state index contributed by atoms with van der Waals surface area (Å²) in [6, 6.07) is 9.92. The maximum absolute atomic E-state index is 13.0. The lowest BCUT2D eigenvalue weighted by molar-refractivity contribution is 0.0782. The molecule has 0 saturated carbocycles. The van der Waals surface area contributed by atoms with Crippen molar-refractivity contribution in [3.8, 4) is 23.0 Å². The Bertz CT molecular complexity index is 1060. The number of nitrogens with zero attached hydrogens (tertiary/aromatic N) is 6. The molecule has 3 heterocycles. The number of benzene rings is 1. The Morgan fingerprint density at radius 3 is 2.77 bits per heavy atom. The third kappa shape index (κ3) is 3.66. The molecular weight excluding hydrogens is 380 g/mol. The topological polar surface area (TPSA) is 76.4 Å². The normalized spacial score (nSPS) is 16.3. The van der Waals surface area contributed by atoms with Gasteiger partial charge in [0, 0.05) is 30.9 Å². The number of carbonyl (C=O) groups is 1. The number of likely N-dealkylation sites (N-methyl/N-ethyl adjacent to an activating group) is 1. The van der Waals surface area contributed by atoms with E-state index in [2.05, 4.69) is 20.0 Å². The van der Waals surface area contributed by atoms with Crippen LogP contribution in [0.25, 0.3) is 17.2 Å². The van der Waals surface area contributed by atoms with E-state index in [9.17, 15) is 4.79 Å². The van der Waals surface area contributed by atoms with Gasteiger partial charge in [-0.3, -0.25) is 4.79 Å². The van der Waals surface area contributed by atoms with Gasteiger partial charge in [0.25, 0.3) is 11.9 Å². The molecule has 1 aromatic carbocycles. The molecule has 0 radical (unpaired) electrons. The van der Waals surface area contributed by atoms with Crippen LogP contribution in [0.3, 0.4) is 0 Å². The number of para-hydroxylation sites is 1. The summed E-state index contributed by atoms with van der Waals surface area (Å²) in [6.45, 7) is 3.36. The molecule has 4 rings (SSSR count). The molecule has 0 aliphatic carbocycles. The zero-order valence-electron chi connectivity index (χ0n) is 17.7. The molecule has 1 aliphatic rings. The molecular formula is C22H26N6O2. The van der Waals surface area contributed by atoms with Crippen molar-refractivity contribution in [3.05, 3.63) is 54.0 Å². The number of hydrogen-bond acceptors (Lipinski definition) is 6. The molecule has 1 fully saturated rings. The first-order valence-electron chi connectivity index (χ1n) is 9.96. The first-order valence-corrected chi connectivity index (χ1v) is 9.96. The number of likely N-dealkylation sites (tertiary alicyclic amines) is 1. The summed E-state index contributed by atoms with van der Waals surface area (Å²) in [7, 11) is 5.73. The fraction of sp³-hybridized carbons (Fsp3) is 0.364. The number of ether oxygens (including phenoxy) is 1. The van der Waals surface area contributed by atoms with Crippen LogP contribution in [0.15, 0.2) is 42.7 Å². The Balaban J connectivity index is 1.62. The molecule has 1 amide bonds. The van der Waals surface area contributed by atoms with Gasteiger partial charge < -0.3 is 14.5 Å². The molecule has 30 heavy (non-hydrogen) atoms. The predicted molar refractivity (Wildman–Crippen MR) is 114 cm³/mol. The van der Waals surface area contributed by atoms with Gasteiger partial charge in [-0.2, -0.15) is 5.10 Å². The molecule has 156 valence electrons. The number of carbonyl (C=O) groups excluding carboxylic acids is 1. The first kappa shape index (κ1) is 20.0. The van der Waals surface area contributed by atoms with Gasteiger partial charge in [0.1, 0.15) is 5.75 Å². The highest BCUT2D eigenvalue weighted by molar-refractivity contribution is 5.95. The fourth-order valence-electron chi connectivity index (χ4n) is 3.80. The van der Waals surface area contributed by atoms with Crippen molar-refractivity contribution in [2.24, 2.45) is 0 Å². The first-order chi connectivity index (χ1) is 14.5. The molecule has 0 spiro atoms. The van der Waals surface area contributed by atoms with Crippen LogP contribution < -0.4 is 4.74 Å². The standard InChI is InChI=1S/C22H26N6O2/c1-15-18(21(29)27-12-10-16(14-27)26(2)3)13-24-28(15)22-23-11-9-19(25-22)17-7-5-6-8-20(17)30-4/h5-9,11,13,16H,10,12,14H2,1-4H3/t16-/m0/s1. The van der Waals surface area contributed by atoms with E-state index in [1.807, 2.05) is 56.3 Å². The Morgan fingerprint density at radius 2 is 2.03 bits per heavy atom. The minimum Gasteiger partial charge on any atom is -0.496 e. The van der Waals surface area contributed by atoms with Gasteiger partial charge in [0.2, 0.25) is 0 Å². The third-order valence-corrected chi connectivity index (χ3v) is 5.64. The summed E-state index contributed by atoms with van der Waals surface area (Å²) in [5, 5.41) is 4.41. The van der Waals surface area contributed by atoms with Crippen molar-refractivity contribution in [2.75, 3.05) is 34.3 Å². The van der Waals surface area contributed by atoms with Crippen LogP contribution in [0.1, 0.15) is 22.5 Å². The average molecular weight is 406 g/mol. The lowest BCUT2D eigenvalue weighted by Crippen LogP contribution is -2.34. The van der Waals surface area contributed by atoms with Crippen LogP contribution in [0.5, 0.6) is 5.75 Å². The van der Waals surface area contributed by atoms with E-state index >= 15 is 0 Å². The van der Waals surface area contributed by atoms with E-state index < -0.39 is 0 Å². The Kier molecular flexibility index (Phi) is 5.50. The molecule has 3 aromatic rings. The smallest absolute Gasteiger partial charge is 0.257 e. The second-order valence-electron chi connectivity index (χ2n) is 7.65. The highest BCUT2D eigenvalue weighted by atomic mass is 16.5. The Morgan fingerprint density at radius 1 is 1.23 bits per heavy atom. The zero-order chi connectivity index (χ0) is 21.3. The third-order valence-electron chi connectivity index (χ3n) is 5.64. The van der Waals surface area contributed by atoms with Crippen molar-refractivity contribution in [2.45, 2.75) is 19.4 Å². The molecule has 1 aliphatic heterocycles. The second-order valence-corrected chi connectivity index (χ2v) is 7.65. The molecule has 8 heteroatoms. The maximum Gasteiger partial charge on any atom is 0.257 e. The molecule has 8 nitrogen and oxygen atoms in total. The van der Waals surface area contributed by atoms with E-state index in [1.165, 1.54) is 0 Å². The van der Waals surface area contributed by atoms with E-state index in [-0.39, 0.29) is 5.91 Å². The summed E-state index contributed by atoms with van der Waals surface area (Å²) in [6.07, 6.45) is 4.28. The van der Waals surface area contributed by atoms with Crippen molar-refractivity contribution >= 4 is 5.91 Å². The molecule has 0 bridgehead atoms. The summed E-state index contributed by atoms with van der Waals surface area (Å²) in [4.78, 5) is 26.2. The lowest BCUT2D eigenvalue weighted by Gasteiger charge is -2.20. The zero-order valence-corrected chi connectivity index (χ0v) is 17.7. The number of aromatic nitrogens is 4. The van der Waals surface area contributed by atoms with Gasteiger partial charge in [0.15, 0.2) is 0 Å². The van der Waals surface area contributed by atoms with Crippen molar-refractivity contribution in [1.29, 1.82) is 0 Å². The number of methoxy groups -OCH3 is 1. The van der Waals surface area contributed by atoms with E-state index in [0.717, 1.165) is 42.2 Å². The van der Waals surface area contributed by atoms with Crippen LogP contribution in [-0.2, 0) is 0 Å². The van der Waals surface area contributed by atoms with E-state index in [4.69, 9.17) is 4.74 Å². The van der Waals surface area contributed by atoms with Gasteiger partial charge in [-0.15, -0.1) is 0 Å². The second kappa shape index (κ2) is 8.23. The maximum atomic E-state index is 13.0. The quantitative estimate of drug-likeness (QED) is 0.648. The highest BCUT2D eigenvalue weighted by Gasteiger charge is 2.30. The van der Waals surface area contributed by atoms with Crippen LogP contribution >= 0.6 is 0 Å². The summed E-state index contributed by atoms with van der Waals surface area (Å²) < 4.78 is 7.07. The van der Waals surface area contributed by atoms with Gasteiger partial charge in [-0.05, 0) is 45.6 Å². The van der Waals surface area contributed by atoms with E-state index in [1.54, 1.807) is 24.2 Å². The summed E-state index contributed by atoms with van der Waals surface area (Å²) in [5.41, 5.74) is 2.91. The van der Waals surface area contributed by atoms with Crippen LogP contribution in [0, 0.1) is 6.92 Å². The van der Waals surface area contributed by atoms with Crippen LogP contribution in [0.4, 0.5) is 0 Å².